The zero-order chi connectivity index (χ0) is 21.5. The number of nitrogens with one attached hydrogen (secondary N) is 1. The third kappa shape index (κ3) is 3.76. The predicted octanol–water partition coefficient (Wildman–Crippen LogP) is 3.83. The standard InChI is InChI=1S/C23H23ClN8/c24-18-6-20(22-9-26-15-31(22)11-18)21-14-32(29-28-21)13-19-12-30-10-17(4-5-23(30)27-19)8-25-7-16-2-1-3-16/h4-6,9-12,14-16,25H,1-3,7-8,13H2. The molecule has 0 bridgehead atoms. The van der Waals surface area contributed by atoms with Crippen LogP contribution in [0.1, 0.15) is 30.5 Å². The maximum absolute atomic E-state index is 6.26. The third-order valence-corrected chi connectivity index (χ3v) is 6.38. The Bertz CT molecular complexity index is 1390. The minimum atomic E-state index is 0.542. The lowest BCUT2D eigenvalue weighted by Gasteiger charge is -2.25. The van der Waals surface area contributed by atoms with E-state index in [1.54, 1.807) is 17.2 Å². The third-order valence-electron chi connectivity index (χ3n) is 6.17. The van der Waals surface area contributed by atoms with E-state index in [1.807, 2.05) is 22.9 Å². The van der Waals surface area contributed by atoms with Gasteiger partial charge in [-0.15, -0.1) is 5.10 Å². The van der Waals surface area contributed by atoms with Crippen molar-refractivity contribution in [2.45, 2.75) is 32.4 Å². The van der Waals surface area contributed by atoms with Gasteiger partial charge in [-0.3, -0.25) is 0 Å². The second-order valence-corrected chi connectivity index (χ2v) is 8.96. The monoisotopic (exact) mass is 446 g/mol. The van der Waals surface area contributed by atoms with E-state index >= 15 is 0 Å². The van der Waals surface area contributed by atoms with Crippen LogP contribution in [0.2, 0.25) is 5.02 Å². The molecule has 0 unspecified atom stereocenters. The van der Waals surface area contributed by atoms with Crippen molar-refractivity contribution in [3.05, 3.63) is 71.8 Å². The molecule has 0 atom stereocenters. The zero-order valence-corrected chi connectivity index (χ0v) is 18.3. The summed E-state index contributed by atoms with van der Waals surface area (Å²) >= 11 is 6.26. The van der Waals surface area contributed by atoms with Crippen molar-refractivity contribution in [1.82, 2.24) is 39.1 Å². The van der Waals surface area contributed by atoms with Gasteiger partial charge in [0.2, 0.25) is 0 Å². The highest BCUT2D eigenvalue weighted by atomic mass is 35.5. The number of imidazole rings is 2. The number of pyridine rings is 2. The summed E-state index contributed by atoms with van der Waals surface area (Å²) in [6, 6.07) is 6.10. The summed E-state index contributed by atoms with van der Waals surface area (Å²) in [6.45, 7) is 2.54. The van der Waals surface area contributed by atoms with Crippen molar-refractivity contribution >= 4 is 22.8 Å². The predicted molar refractivity (Wildman–Crippen MR) is 123 cm³/mol. The number of hydrogen-bond acceptors (Lipinski definition) is 5. The largest absolute Gasteiger partial charge is 0.312 e. The molecule has 1 fully saturated rings. The lowest BCUT2D eigenvalue weighted by atomic mass is 9.85. The number of hydrogen-bond donors (Lipinski definition) is 1. The molecule has 1 saturated carbocycles. The van der Waals surface area contributed by atoms with Crippen LogP contribution >= 0.6 is 11.6 Å². The van der Waals surface area contributed by atoms with E-state index in [2.05, 4.69) is 49.5 Å². The smallest absolute Gasteiger partial charge is 0.137 e. The lowest BCUT2D eigenvalue weighted by molar-refractivity contribution is 0.301. The molecule has 5 aromatic heterocycles. The van der Waals surface area contributed by atoms with Crippen molar-refractivity contribution in [2.24, 2.45) is 5.92 Å². The molecule has 1 N–H and O–H groups in total. The van der Waals surface area contributed by atoms with Crippen LogP contribution in [0.3, 0.4) is 0 Å². The highest BCUT2D eigenvalue weighted by Gasteiger charge is 2.16. The fraction of sp³-hybridized carbons (Fsp3) is 0.304. The van der Waals surface area contributed by atoms with Gasteiger partial charge in [-0.2, -0.15) is 0 Å². The van der Waals surface area contributed by atoms with Crippen molar-refractivity contribution in [3.63, 3.8) is 0 Å². The molecule has 5 heterocycles. The first kappa shape index (κ1) is 19.5. The zero-order valence-electron chi connectivity index (χ0n) is 17.5. The molecule has 32 heavy (non-hydrogen) atoms. The molecular formula is C23H23ClN8. The van der Waals surface area contributed by atoms with Gasteiger partial charge in [0.1, 0.15) is 11.3 Å². The molecule has 8 nitrogen and oxygen atoms in total. The highest BCUT2D eigenvalue weighted by Crippen LogP contribution is 2.26. The number of halogens is 1. The summed E-state index contributed by atoms with van der Waals surface area (Å²) < 4.78 is 5.77. The second kappa shape index (κ2) is 8.03. The van der Waals surface area contributed by atoms with E-state index in [9.17, 15) is 0 Å². The molecule has 0 amide bonds. The average Bonchev–Trinajstić information content (AvgIpc) is 3.48. The Balaban J connectivity index is 1.19. The summed E-state index contributed by atoms with van der Waals surface area (Å²) in [5.41, 5.74) is 5.71. The number of nitrogens with zero attached hydrogens (tertiary/aromatic N) is 7. The maximum atomic E-state index is 6.26. The van der Waals surface area contributed by atoms with Crippen LogP contribution in [0.25, 0.3) is 22.4 Å². The fourth-order valence-electron chi connectivity index (χ4n) is 4.26. The first-order chi connectivity index (χ1) is 15.7. The quantitative estimate of drug-likeness (QED) is 0.411. The van der Waals surface area contributed by atoms with Gasteiger partial charge in [-0.25, -0.2) is 14.6 Å². The molecule has 0 aromatic carbocycles. The second-order valence-electron chi connectivity index (χ2n) is 8.52. The van der Waals surface area contributed by atoms with Crippen LogP contribution < -0.4 is 5.32 Å². The molecule has 0 aliphatic heterocycles. The minimum Gasteiger partial charge on any atom is -0.312 e. The number of rotatable bonds is 7. The van der Waals surface area contributed by atoms with Crippen molar-refractivity contribution in [2.75, 3.05) is 6.54 Å². The number of fused-ring (bicyclic) bond motifs is 2. The van der Waals surface area contributed by atoms with E-state index in [0.29, 0.717) is 11.6 Å². The molecule has 1 aliphatic carbocycles. The lowest BCUT2D eigenvalue weighted by Crippen LogP contribution is -2.26. The first-order valence-electron chi connectivity index (χ1n) is 10.9. The van der Waals surface area contributed by atoms with Gasteiger partial charge in [-0.1, -0.05) is 29.3 Å². The van der Waals surface area contributed by atoms with E-state index < -0.39 is 0 Å². The van der Waals surface area contributed by atoms with Crippen LogP contribution in [0.4, 0.5) is 0 Å². The molecule has 1 aliphatic rings. The summed E-state index contributed by atoms with van der Waals surface area (Å²) in [7, 11) is 0. The van der Waals surface area contributed by atoms with Gasteiger partial charge in [0.15, 0.2) is 0 Å². The van der Waals surface area contributed by atoms with Gasteiger partial charge < -0.3 is 14.1 Å². The van der Waals surface area contributed by atoms with Gasteiger partial charge >= 0.3 is 0 Å². The molecule has 9 heteroatoms. The van der Waals surface area contributed by atoms with E-state index in [-0.39, 0.29) is 0 Å². The van der Waals surface area contributed by atoms with Crippen LogP contribution in [0.15, 0.2) is 55.5 Å². The first-order valence-corrected chi connectivity index (χ1v) is 11.3. The Hall–Kier alpha value is -3.23. The maximum Gasteiger partial charge on any atom is 0.137 e. The summed E-state index contributed by atoms with van der Waals surface area (Å²) in [5, 5.41) is 12.9. The Kier molecular flexibility index (Phi) is 4.88. The van der Waals surface area contributed by atoms with Gasteiger partial charge in [0, 0.05) is 30.7 Å². The van der Waals surface area contributed by atoms with Crippen molar-refractivity contribution in [3.8, 4) is 11.3 Å². The molecular weight excluding hydrogens is 424 g/mol. The average molecular weight is 447 g/mol. The minimum absolute atomic E-state index is 0.542. The Morgan fingerprint density at radius 3 is 2.91 bits per heavy atom. The number of aromatic nitrogens is 7. The normalized spacial score (nSPS) is 14.4. The highest BCUT2D eigenvalue weighted by molar-refractivity contribution is 6.30. The van der Waals surface area contributed by atoms with Gasteiger partial charge in [0.05, 0.1) is 41.5 Å². The van der Waals surface area contributed by atoms with Gasteiger partial charge in [-0.05, 0) is 43.0 Å². The van der Waals surface area contributed by atoms with Crippen molar-refractivity contribution < 1.29 is 0 Å². The molecule has 5 aromatic rings. The summed E-state index contributed by atoms with van der Waals surface area (Å²) in [5.74, 6) is 0.864. The summed E-state index contributed by atoms with van der Waals surface area (Å²) in [6.07, 6.45) is 15.6. The molecule has 0 saturated heterocycles. The Labute approximate surface area is 189 Å². The molecule has 0 radical (unpaired) electrons. The molecule has 6 rings (SSSR count). The van der Waals surface area contributed by atoms with Crippen LogP contribution in [-0.2, 0) is 13.1 Å². The Morgan fingerprint density at radius 2 is 2.03 bits per heavy atom. The van der Waals surface area contributed by atoms with E-state index in [0.717, 1.165) is 47.1 Å². The van der Waals surface area contributed by atoms with Crippen LogP contribution in [-0.4, -0.2) is 40.3 Å². The Morgan fingerprint density at radius 1 is 1.09 bits per heavy atom. The topological polar surface area (TPSA) is 77.3 Å². The van der Waals surface area contributed by atoms with E-state index in [4.69, 9.17) is 16.6 Å². The fourth-order valence-corrected chi connectivity index (χ4v) is 4.47. The van der Waals surface area contributed by atoms with Gasteiger partial charge in [0.25, 0.3) is 0 Å². The van der Waals surface area contributed by atoms with Crippen LogP contribution in [0.5, 0.6) is 0 Å². The molecule has 0 spiro atoms. The SMILES string of the molecule is Clc1cc(-c2cn(Cc3cn4cc(CNCC5CCC5)ccc4n3)nn2)c2cncn2c1. The summed E-state index contributed by atoms with van der Waals surface area (Å²) in [4.78, 5) is 8.94. The molecule has 162 valence electrons. The van der Waals surface area contributed by atoms with Crippen molar-refractivity contribution in [1.29, 1.82) is 0 Å². The van der Waals surface area contributed by atoms with E-state index in [1.165, 1.54) is 24.8 Å². The van der Waals surface area contributed by atoms with Crippen LogP contribution in [0, 0.1) is 5.92 Å².